The van der Waals surface area contributed by atoms with Gasteiger partial charge in [-0.05, 0) is 11.8 Å². The van der Waals surface area contributed by atoms with Gasteiger partial charge in [0.2, 0.25) is 0 Å². The molecular weight excluding hydrogens is 216 g/mol. The molecule has 0 saturated carbocycles. The van der Waals surface area contributed by atoms with Crippen LogP contribution in [0.25, 0.3) is 0 Å². The Morgan fingerprint density at radius 1 is 1.07 bits per heavy atom. The zero-order valence-corrected chi connectivity index (χ0v) is 10.9. The molecule has 0 aromatic rings. The van der Waals surface area contributed by atoms with Gasteiger partial charge >= 0.3 is 10.4 Å². The summed E-state index contributed by atoms with van der Waals surface area (Å²) < 4.78 is 31.6. The van der Waals surface area contributed by atoms with Gasteiger partial charge in [0.25, 0.3) is 0 Å². The molecule has 1 atom stereocenters. The summed E-state index contributed by atoms with van der Waals surface area (Å²) in [5.41, 5.74) is 0. The van der Waals surface area contributed by atoms with Crippen molar-refractivity contribution in [2.45, 2.75) is 53.4 Å². The van der Waals surface area contributed by atoms with Crippen LogP contribution in [0.5, 0.6) is 0 Å². The van der Waals surface area contributed by atoms with Crippen LogP contribution in [-0.2, 0) is 10.4 Å². The zero-order chi connectivity index (χ0) is 12.5. The van der Waals surface area contributed by atoms with Crippen LogP contribution in [-0.4, -0.2) is 17.5 Å². The maximum Gasteiger partial charge on any atom is 0.394 e. The summed E-state index contributed by atoms with van der Waals surface area (Å²) in [6.45, 7) is 9.23. The number of hydrogen-bond donors (Lipinski definition) is 2. The molecular formula is C10H24O4S. The molecule has 5 heteroatoms. The summed E-state index contributed by atoms with van der Waals surface area (Å²) in [4.78, 5) is 0. The lowest BCUT2D eigenvalue weighted by Gasteiger charge is -2.08. The quantitative estimate of drug-likeness (QED) is 0.724. The molecule has 4 nitrogen and oxygen atoms in total. The van der Waals surface area contributed by atoms with Crippen molar-refractivity contribution in [3.8, 4) is 0 Å². The van der Waals surface area contributed by atoms with E-state index in [0.29, 0.717) is 0 Å². The Labute approximate surface area is 93.7 Å². The average molecular weight is 240 g/mol. The maximum absolute atomic E-state index is 8.74. The van der Waals surface area contributed by atoms with Crippen molar-refractivity contribution in [2.75, 3.05) is 0 Å². The van der Waals surface area contributed by atoms with E-state index in [4.69, 9.17) is 17.5 Å². The number of rotatable bonds is 5. The van der Waals surface area contributed by atoms with E-state index in [9.17, 15) is 0 Å². The van der Waals surface area contributed by atoms with Gasteiger partial charge in [-0.2, -0.15) is 8.42 Å². The molecule has 0 aromatic heterocycles. The predicted molar refractivity (Wildman–Crippen MR) is 62.3 cm³/mol. The highest BCUT2D eigenvalue weighted by atomic mass is 32.3. The second kappa shape index (κ2) is 9.12. The summed E-state index contributed by atoms with van der Waals surface area (Å²) in [6, 6.07) is 0. The van der Waals surface area contributed by atoms with Crippen LogP contribution in [0.15, 0.2) is 0 Å². The van der Waals surface area contributed by atoms with Gasteiger partial charge in [-0.25, -0.2) is 0 Å². The van der Waals surface area contributed by atoms with Crippen LogP contribution < -0.4 is 0 Å². The van der Waals surface area contributed by atoms with Crippen molar-refractivity contribution in [1.29, 1.82) is 0 Å². The molecule has 15 heavy (non-hydrogen) atoms. The van der Waals surface area contributed by atoms with Gasteiger partial charge in [-0.1, -0.05) is 53.4 Å². The SMILES string of the molecule is CCC(C)CCCC(C)C.O=S(=O)(O)O. The molecule has 0 aromatic carbocycles. The van der Waals surface area contributed by atoms with Crippen molar-refractivity contribution in [1.82, 2.24) is 0 Å². The van der Waals surface area contributed by atoms with Crippen molar-refractivity contribution in [3.05, 3.63) is 0 Å². The molecule has 0 radical (unpaired) electrons. The van der Waals surface area contributed by atoms with E-state index in [1.165, 1.54) is 25.7 Å². The molecule has 0 bridgehead atoms. The van der Waals surface area contributed by atoms with E-state index in [0.717, 1.165) is 11.8 Å². The van der Waals surface area contributed by atoms with Crippen molar-refractivity contribution < 1.29 is 17.5 Å². The Bertz CT molecular complexity index is 214. The molecule has 2 N–H and O–H groups in total. The summed E-state index contributed by atoms with van der Waals surface area (Å²) in [7, 11) is -4.67. The van der Waals surface area contributed by atoms with Crippen molar-refractivity contribution >= 4 is 10.4 Å². The van der Waals surface area contributed by atoms with Crippen LogP contribution in [0.1, 0.15) is 53.4 Å². The topological polar surface area (TPSA) is 74.6 Å². The van der Waals surface area contributed by atoms with Gasteiger partial charge in [0, 0.05) is 0 Å². The highest BCUT2D eigenvalue weighted by Gasteiger charge is 1.99. The zero-order valence-electron chi connectivity index (χ0n) is 10.1. The van der Waals surface area contributed by atoms with Gasteiger partial charge in [0.15, 0.2) is 0 Å². The maximum atomic E-state index is 8.74. The minimum Gasteiger partial charge on any atom is -0.264 e. The summed E-state index contributed by atoms with van der Waals surface area (Å²) in [6.07, 6.45) is 5.60. The first-order chi connectivity index (χ1) is 6.66. The molecule has 0 spiro atoms. The lowest BCUT2D eigenvalue weighted by molar-refractivity contribution is 0.381. The fourth-order valence-corrected chi connectivity index (χ4v) is 1.08. The van der Waals surface area contributed by atoms with Crippen LogP contribution in [0.2, 0.25) is 0 Å². The van der Waals surface area contributed by atoms with E-state index in [1.54, 1.807) is 0 Å². The largest absolute Gasteiger partial charge is 0.394 e. The fourth-order valence-electron chi connectivity index (χ4n) is 1.08. The monoisotopic (exact) mass is 240 g/mol. The summed E-state index contributed by atoms with van der Waals surface area (Å²) in [5, 5.41) is 0. The highest BCUT2D eigenvalue weighted by Crippen LogP contribution is 2.14. The molecule has 0 amide bonds. The Morgan fingerprint density at radius 3 is 1.73 bits per heavy atom. The van der Waals surface area contributed by atoms with E-state index in [-0.39, 0.29) is 0 Å². The highest BCUT2D eigenvalue weighted by molar-refractivity contribution is 7.79. The smallest absolute Gasteiger partial charge is 0.264 e. The molecule has 0 aliphatic heterocycles. The molecule has 0 aliphatic carbocycles. The van der Waals surface area contributed by atoms with Gasteiger partial charge < -0.3 is 0 Å². The van der Waals surface area contributed by atoms with Crippen molar-refractivity contribution in [2.24, 2.45) is 11.8 Å². The van der Waals surface area contributed by atoms with Crippen LogP contribution >= 0.6 is 0 Å². The molecule has 0 rings (SSSR count). The molecule has 0 fully saturated rings. The summed E-state index contributed by atoms with van der Waals surface area (Å²) >= 11 is 0. The van der Waals surface area contributed by atoms with Crippen molar-refractivity contribution in [3.63, 3.8) is 0 Å². The fraction of sp³-hybridized carbons (Fsp3) is 1.00. The molecule has 94 valence electrons. The third-order valence-electron chi connectivity index (χ3n) is 2.18. The molecule has 0 saturated heterocycles. The third kappa shape index (κ3) is 31.6. The summed E-state index contributed by atoms with van der Waals surface area (Å²) in [5.74, 6) is 1.84. The van der Waals surface area contributed by atoms with Crippen LogP contribution in [0.4, 0.5) is 0 Å². The second-order valence-electron chi connectivity index (χ2n) is 4.29. The Balaban J connectivity index is 0. The van der Waals surface area contributed by atoms with Gasteiger partial charge in [-0.15, -0.1) is 0 Å². The van der Waals surface area contributed by atoms with Crippen LogP contribution in [0, 0.1) is 11.8 Å². The number of hydrogen-bond acceptors (Lipinski definition) is 2. The van der Waals surface area contributed by atoms with Gasteiger partial charge in [0.1, 0.15) is 0 Å². The standard InChI is InChI=1S/C10H22.H2O4S/c1-5-10(4)8-6-7-9(2)3;1-5(2,3)4/h9-10H,5-8H2,1-4H3;(H2,1,2,3,4). The Kier molecular flexibility index (Phi) is 10.5. The third-order valence-corrected chi connectivity index (χ3v) is 2.18. The average Bonchev–Trinajstić information content (AvgIpc) is 2.00. The van der Waals surface area contributed by atoms with E-state index in [2.05, 4.69) is 27.7 Å². The first-order valence-electron chi connectivity index (χ1n) is 5.36. The lowest BCUT2D eigenvalue weighted by Crippen LogP contribution is -1.94. The van der Waals surface area contributed by atoms with E-state index in [1.807, 2.05) is 0 Å². The minimum atomic E-state index is -4.67. The Morgan fingerprint density at radius 2 is 1.47 bits per heavy atom. The first-order valence-corrected chi connectivity index (χ1v) is 6.76. The molecule has 0 heterocycles. The second-order valence-corrected chi connectivity index (χ2v) is 5.18. The normalized spacial score (nSPS) is 13.3. The molecule has 1 unspecified atom stereocenters. The predicted octanol–water partition coefficient (Wildman–Crippen LogP) is 3.21. The van der Waals surface area contributed by atoms with Gasteiger partial charge in [-0.3, -0.25) is 9.11 Å². The van der Waals surface area contributed by atoms with Gasteiger partial charge in [0.05, 0.1) is 0 Å². The lowest BCUT2D eigenvalue weighted by atomic mass is 9.98. The minimum absolute atomic E-state index is 0.893. The van der Waals surface area contributed by atoms with Crippen LogP contribution in [0.3, 0.4) is 0 Å². The Hall–Kier alpha value is -0.130. The first kappa shape index (κ1) is 17.3. The van der Waals surface area contributed by atoms with E-state index >= 15 is 0 Å². The van der Waals surface area contributed by atoms with E-state index < -0.39 is 10.4 Å². The molecule has 0 aliphatic rings.